The molecule has 0 aromatic heterocycles. The van der Waals surface area contributed by atoms with E-state index in [0.29, 0.717) is 26.2 Å². The highest BCUT2D eigenvalue weighted by atomic mass is 16.4. The van der Waals surface area contributed by atoms with Gasteiger partial charge in [-0.25, -0.2) is 0 Å². The molecule has 1 saturated heterocycles. The second-order valence-corrected chi connectivity index (χ2v) is 5.14. The first-order valence-corrected chi connectivity index (χ1v) is 6.97. The number of nitrogens with two attached hydrogens (primary N) is 1. The van der Waals surface area contributed by atoms with Crippen molar-refractivity contribution in [3.8, 4) is 0 Å². The number of hydrogen-bond donors (Lipinski definition) is 2. The lowest BCUT2D eigenvalue weighted by atomic mass is 10.0. The molecule has 19 heavy (non-hydrogen) atoms. The Bertz CT molecular complexity index is 302. The van der Waals surface area contributed by atoms with Crippen molar-refractivity contribution >= 4 is 11.9 Å². The van der Waals surface area contributed by atoms with Crippen molar-refractivity contribution in [1.82, 2.24) is 9.80 Å². The molecule has 110 valence electrons. The molecule has 1 amide bonds. The molecule has 6 nitrogen and oxygen atoms in total. The summed E-state index contributed by atoms with van der Waals surface area (Å²) in [5.74, 6) is -0.533. The van der Waals surface area contributed by atoms with Gasteiger partial charge in [-0.2, -0.15) is 0 Å². The summed E-state index contributed by atoms with van der Waals surface area (Å²) in [5.41, 5.74) is 5.45. The maximum Gasteiger partial charge on any atom is 0.304 e. The fourth-order valence-corrected chi connectivity index (χ4v) is 2.30. The van der Waals surface area contributed by atoms with Gasteiger partial charge in [-0.3, -0.25) is 14.5 Å². The van der Waals surface area contributed by atoms with Crippen LogP contribution in [0.2, 0.25) is 0 Å². The van der Waals surface area contributed by atoms with Crippen LogP contribution in [0.3, 0.4) is 0 Å². The summed E-state index contributed by atoms with van der Waals surface area (Å²) in [5, 5.41) is 8.64. The molecule has 1 aliphatic heterocycles. The minimum atomic E-state index is -0.770. The van der Waals surface area contributed by atoms with Crippen molar-refractivity contribution in [1.29, 1.82) is 0 Å². The fourth-order valence-electron chi connectivity index (χ4n) is 2.30. The van der Waals surface area contributed by atoms with Crippen molar-refractivity contribution in [2.75, 3.05) is 39.3 Å². The molecule has 1 atom stereocenters. The second kappa shape index (κ2) is 8.12. The number of carbonyl (C=O) groups excluding carboxylic acids is 1. The van der Waals surface area contributed by atoms with Gasteiger partial charge in [0.25, 0.3) is 0 Å². The highest BCUT2D eigenvalue weighted by molar-refractivity contribution is 5.78. The van der Waals surface area contributed by atoms with Crippen LogP contribution in [-0.4, -0.2) is 66.1 Å². The van der Waals surface area contributed by atoms with Crippen LogP contribution in [0.15, 0.2) is 0 Å². The van der Waals surface area contributed by atoms with Gasteiger partial charge < -0.3 is 15.7 Å². The molecule has 1 rings (SSSR count). The fraction of sp³-hybridized carbons (Fsp3) is 0.846. The maximum atomic E-state index is 12.1. The number of carboxylic acids is 1. The highest BCUT2D eigenvalue weighted by Crippen LogP contribution is 2.12. The normalized spacial score (nSPS) is 18.3. The average molecular weight is 271 g/mol. The molecule has 1 fully saturated rings. The van der Waals surface area contributed by atoms with Gasteiger partial charge >= 0.3 is 5.97 Å². The number of piperazine rings is 1. The van der Waals surface area contributed by atoms with E-state index < -0.39 is 5.97 Å². The van der Waals surface area contributed by atoms with Crippen LogP contribution >= 0.6 is 0 Å². The molecular formula is C13H25N3O3. The number of rotatable bonds is 7. The molecular weight excluding hydrogens is 246 g/mol. The van der Waals surface area contributed by atoms with Crippen LogP contribution in [0.4, 0.5) is 0 Å². The van der Waals surface area contributed by atoms with Gasteiger partial charge in [-0.05, 0) is 19.4 Å². The van der Waals surface area contributed by atoms with E-state index in [9.17, 15) is 9.59 Å². The van der Waals surface area contributed by atoms with E-state index in [2.05, 4.69) is 4.90 Å². The quantitative estimate of drug-likeness (QED) is 0.679. The maximum absolute atomic E-state index is 12.1. The Kier molecular flexibility index (Phi) is 6.80. The first kappa shape index (κ1) is 15.9. The van der Waals surface area contributed by atoms with Crippen LogP contribution in [0.1, 0.15) is 26.2 Å². The number of nitrogens with zero attached hydrogens (tertiary/aromatic N) is 2. The van der Waals surface area contributed by atoms with Gasteiger partial charge in [0.2, 0.25) is 5.91 Å². The summed E-state index contributed by atoms with van der Waals surface area (Å²) in [7, 11) is 0. The van der Waals surface area contributed by atoms with Gasteiger partial charge in [0.05, 0.1) is 6.42 Å². The van der Waals surface area contributed by atoms with Crippen LogP contribution in [-0.2, 0) is 9.59 Å². The zero-order valence-electron chi connectivity index (χ0n) is 11.7. The van der Waals surface area contributed by atoms with Crippen molar-refractivity contribution in [3.63, 3.8) is 0 Å². The SMILES string of the molecule is CC(CCCN)C(=O)N1CCN(CCC(=O)O)CC1. The molecule has 0 saturated carbocycles. The van der Waals surface area contributed by atoms with E-state index in [-0.39, 0.29) is 18.2 Å². The smallest absolute Gasteiger partial charge is 0.304 e. The topological polar surface area (TPSA) is 86.9 Å². The molecule has 0 aliphatic carbocycles. The van der Waals surface area contributed by atoms with Crippen molar-refractivity contribution in [3.05, 3.63) is 0 Å². The predicted octanol–water partition coefficient (Wildman–Crippen LogP) is -0.0197. The Hall–Kier alpha value is -1.14. The molecule has 1 aliphatic rings. The molecule has 1 unspecified atom stereocenters. The van der Waals surface area contributed by atoms with Gasteiger partial charge in [0, 0.05) is 38.6 Å². The average Bonchev–Trinajstić information content (AvgIpc) is 2.42. The van der Waals surface area contributed by atoms with Gasteiger partial charge in [0.1, 0.15) is 0 Å². The standard InChI is InChI=1S/C13H25N3O3/c1-11(3-2-5-14)13(19)16-9-7-15(8-10-16)6-4-12(17)18/h11H,2-10,14H2,1H3,(H,17,18). The van der Waals surface area contributed by atoms with Crippen molar-refractivity contribution < 1.29 is 14.7 Å². The number of hydrogen-bond acceptors (Lipinski definition) is 4. The summed E-state index contributed by atoms with van der Waals surface area (Å²) in [6, 6.07) is 0. The van der Waals surface area contributed by atoms with E-state index in [1.165, 1.54) is 0 Å². The summed E-state index contributed by atoms with van der Waals surface area (Å²) >= 11 is 0. The minimum Gasteiger partial charge on any atom is -0.481 e. The van der Waals surface area contributed by atoms with E-state index in [0.717, 1.165) is 25.9 Å². The summed E-state index contributed by atoms with van der Waals surface area (Å²) < 4.78 is 0. The number of amides is 1. The lowest BCUT2D eigenvalue weighted by Crippen LogP contribution is -2.50. The largest absolute Gasteiger partial charge is 0.481 e. The van der Waals surface area contributed by atoms with Crippen molar-refractivity contribution in [2.24, 2.45) is 11.7 Å². The zero-order valence-corrected chi connectivity index (χ0v) is 11.7. The lowest BCUT2D eigenvalue weighted by Gasteiger charge is -2.35. The first-order chi connectivity index (χ1) is 9.04. The van der Waals surface area contributed by atoms with Crippen LogP contribution in [0.25, 0.3) is 0 Å². The summed E-state index contributed by atoms with van der Waals surface area (Å²) in [6.07, 6.45) is 1.89. The Morgan fingerprint density at radius 2 is 1.89 bits per heavy atom. The highest BCUT2D eigenvalue weighted by Gasteiger charge is 2.24. The molecule has 1 heterocycles. The van der Waals surface area contributed by atoms with Gasteiger partial charge in [-0.15, -0.1) is 0 Å². The van der Waals surface area contributed by atoms with E-state index in [1.54, 1.807) is 0 Å². The summed E-state index contributed by atoms with van der Waals surface area (Å²) in [6.45, 7) is 6.08. The van der Waals surface area contributed by atoms with E-state index in [1.807, 2.05) is 11.8 Å². The molecule has 0 spiro atoms. The van der Waals surface area contributed by atoms with Crippen LogP contribution in [0.5, 0.6) is 0 Å². The Labute approximate surface area is 114 Å². The van der Waals surface area contributed by atoms with Crippen LogP contribution < -0.4 is 5.73 Å². The number of aliphatic carboxylic acids is 1. The molecule has 0 aromatic carbocycles. The Morgan fingerprint density at radius 1 is 1.26 bits per heavy atom. The molecule has 0 aromatic rings. The Morgan fingerprint density at radius 3 is 2.42 bits per heavy atom. The van der Waals surface area contributed by atoms with Crippen molar-refractivity contribution in [2.45, 2.75) is 26.2 Å². The minimum absolute atomic E-state index is 0.0362. The lowest BCUT2D eigenvalue weighted by molar-refractivity contribution is -0.139. The number of carbonyl (C=O) groups is 2. The summed E-state index contributed by atoms with van der Waals surface area (Å²) in [4.78, 5) is 26.6. The Balaban J connectivity index is 2.28. The van der Waals surface area contributed by atoms with E-state index >= 15 is 0 Å². The third-order valence-corrected chi connectivity index (χ3v) is 3.59. The van der Waals surface area contributed by atoms with Gasteiger partial charge in [0.15, 0.2) is 0 Å². The first-order valence-electron chi connectivity index (χ1n) is 6.97. The molecule has 3 N–H and O–H groups in total. The second-order valence-electron chi connectivity index (χ2n) is 5.14. The zero-order chi connectivity index (χ0) is 14.3. The van der Waals surface area contributed by atoms with E-state index in [4.69, 9.17) is 10.8 Å². The van der Waals surface area contributed by atoms with Crippen LogP contribution in [0, 0.1) is 5.92 Å². The third kappa shape index (κ3) is 5.57. The molecule has 0 radical (unpaired) electrons. The monoisotopic (exact) mass is 271 g/mol. The third-order valence-electron chi connectivity index (χ3n) is 3.59. The van der Waals surface area contributed by atoms with Gasteiger partial charge in [-0.1, -0.05) is 6.92 Å². The molecule has 6 heteroatoms. The predicted molar refractivity (Wildman–Crippen MR) is 72.7 cm³/mol. The number of carboxylic acid groups (broad SMARTS) is 1. The molecule has 0 bridgehead atoms.